The van der Waals surface area contributed by atoms with Crippen molar-refractivity contribution in [3.05, 3.63) is 84.4 Å². The number of aromatic nitrogens is 5. The molecule has 27 heavy (non-hydrogen) atoms. The van der Waals surface area contributed by atoms with E-state index in [-0.39, 0.29) is 0 Å². The van der Waals surface area contributed by atoms with E-state index < -0.39 is 0 Å². The van der Waals surface area contributed by atoms with Crippen LogP contribution in [0.5, 0.6) is 0 Å². The van der Waals surface area contributed by atoms with Gasteiger partial charge in [-0.25, -0.2) is 9.50 Å². The Morgan fingerprint density at radius 3 is 2.78 bits per heavy atom. The molecule has 132 valence electrons. The Kier molecular flexibility index (Phi) is 3.60. The smallest absolute Gasteiger partial charge is 0.158 e. The van der Waals surface area contributed by atoms with Crippen LogP contribution in [0.3, 0.4) is 0 Å². The van der Waals surface area contributed by atoms with E-state index in [0.717, 1.165) is 40.0 Å². The molecule has 6 nitrogen and oxygen atoms in total. The second kappa shape index (κ2) is 6.25. The molecule has 0 fully saturated rings. The van der Waals surface area contributed by atoms with E-state index >= 15 is 0 Å². The fourth-order valence-corrected chi connectivity index (χ4v) is 3.38. The number of benzene rings is 2. The normalized spacial score (nSPS) is 11.3. The Labute approximate surface area is 156 Å². The minimum absolute atomic E-state index is 0.757. The van der Waals surface area contributed by atoms with E-state index in [4.69, 9.17) is 0 Å². The zero-order valence-corrected chi connectivity index (χ0v) is 14.9. The van der Waals surface area contributed by atoms with Crippen molar-refractivity contribution in [1.29, 1.82) is 0 Å². The van der Waals surface area contributed by atoms with Crippen LogP contribution in [0.2, 0.25) is 0 Å². The Hall–Kier alpha value is -3.67. The van der Waals surface area contributed by atoms with Crippen LogP contribution in [0.1, 0.15) is 11.1 Å². The molecule has 0 aliphatic carbocycles. The highest BCUT2D eigenvalue weighted by Crippen LogP contribution is 2.25. The molecule has 0 spiro atoms. The van der Waals surface area contributed by atoms with Gasteiger partial charge in [0.05, 0.1) is 18.3 Å². The molecule has 0 unspecified atom stereocenters. The fraction of sp³-hybridized carbons (Fsp3) is 0.0952. The number of hydrogen-bond acceptors (Lipinski definition) is 4. The Morgan fingerprint density at radius 1 is 1.00 bits per heavy atom. The van der Waals surface area contributed by atoms with Gasteiger partial charge in [-0.3, -0.25) is 4.68 Å². The molecule has 5 rings (SSSR count). The molecule has 0 atom stereocenters. The van der Waals surface area contributed by atoms with E-state index in [2.05, 4.69) is 69.9 Å². The van der Waals surface area contributed by atoms with E-state index in [1.807, 2.05) is 33.7 Å². The standard InChI is InChI=1S/C21H18N6/c1-15-9-10-26-20(15)21(22-14-24-26)25-18-7-8-19-17(11-18)12-23-27(19)13-16-5-3-2-4-6-16/h2-12,14H,13H2,1H3,(H,22,24,25). The number of anilines is 2. The second-order valence-electron chi connectivity index (χ2n) is 6.59. The van der Waals surface area contributed by atoms with Crippen molar-refractivity contribution in [1.82, 2.24) is 24.4 Å². The van der Waals surface area contributed by atoms with Crippen molar-refractivity contribution in [3.8, 4) is 0 Å². The van der Waals surface area contributed by atoms with Crippen LogP contribution in [0, 0.1) is 6.92 Å². The van der Waals surface area contributed by atoms with Gasteiger partial charge >= 0.3 is 0 Å². The highest BCUT2D eigenvalue weighted by Gasteiger charge is 2.09. The Balaban J connectivity index is 1.48. The molecule has 0 saturated heterocycles. The Morgan fingerprint density at radius 2 is 1.89 bits per heavy atom. The summed E-state index contributed by atoms with van der Waals surface area (Å²) < 4.78 is 3.86. The zero-order valence-electron chi connectivity index (χ0n) is 14.9. The highest BCUT2D eigenvalue weighted by molar-refractivity contribution is 5.85. The fourth-order valence-electron chi connectivity index (χ4n) is 3.38. The monoisotopic (exact) mass is 354 g/mol. The number of nitrogens with zero attached hydrogens (tertiary/aromatic N) is 5. The lowest BCUT2D eigenvalue weighted by molar-refractivity contribution is 0.712. The predicted octanol–water partition coefficient (Wildman–Crippen LogP) is 4.18. The summed E-state index contributed by atoms with van der Waals surface area (Å²) in [4.78, 5) is 4.41. The van der Waals surface area contributed by atoms with Crippen molar-refractivity contribution in [2.24, 2.45) is 0 Å². The van der Waals surface area contributed by atoms with Crippen LogP contribution in [-0.4, -0.2) is 24.4 Å². The summed E-state index contributed by atoms with van der Waals surface area (Å²) in [6.07, 6.45) is 5.40. The quantitative estimate of drug-likeness (QED) is 0.526. The lowest BCUT2D eigenvalue weighted by Crippen LogP contribution is -2.01. The lowest BCUT2D eigenvalue weighted by Gasteiger charge is -2.09. The molecule has 0 aliphatic rings. The third kappa shape index (κ3) is 2.81. The zero-order chi connectivity index (χ0) is 18.2. The Bertz CT molecular complexity index is 1240. The summed E-state index contributed by atoms with van der Waals surface area (Å²) in [5.41, 5.74) is 5.43. The average Bonchev–Trinajstić information content (AvgIpc) is 3.27. The molecule has 3 aromatic heterocycles. The van der Waals surface area contributed by atoms with Gasteiger partial charge in [0.2, 0.25) is 0 Å². The highest BCUT2D eigenvalue weighted by atomic mass is 15.3. The minimum Gasteiger partial charge on any atom is -0.338 e. The molecule has 6 heteroatoms. The first-order valence-corrected chi connectivity index (χ1v) is 8.83. The van der Waals surface area contributed by atoms with Crippen LogP contribution in [0.4, 0.5) is 11.5 Å². The number of nitrogens with one attached hydrogen (secondary N) is 1. The summed E-state index contributed by atoms with van der Waals surface area (Å²) in [6, 6.07) is 18.6. The first kappa shape index (κ1) is 15.6. The van der Waals surface area contributed by atoms with Crippen molar-refractivity contribution < 1.29 is 0 Å². The van der Waals surface area contributed by atoms with E-state index in [1.54, 1.807) is 6.33 Å². The second-order valence-corrected chi connectivity index (χ2v) is 6.59. The van der Waals surface area contributed by atoms with Crippen molar-refractivity contribution >= 4 is 27.9 Å². The molecular weight excluding hydrogens is 336 g/mol. The van der Waals surface area contributed by atoms with E-state index in [0.29, 0.717) is 0 Å². The first-order chi connectivity index (χ1) is 13.3. The van der Waals surface area contributed by atoms with Crippen LogP contribution in [-0.2, 0) is 6.54 Å². The summed E-state index contributed by atoms with van der Waals surface area (Å²) in [6.45, 7) is 2.81. The molecule has 2 aromatic carbocycles. The SMILES string of the molecule is Cc1ccn2ncnc(Nc3ccc4c(cnn4Cc4ccccc4)c3)c12. The third-order valence-corrected chi connectivity index (χ3v) is 4.74. The maximum Gasteiger partial charge on any atom is 0.158 e. The van der Waals surface area contributed by atoms with Crippen molar-refractivity contribution in [3.63, 3.8) is 0 Å². The maximum atomic E-state index is 4.55. The molecule has 0 amide bonds. The largest absolute Gasteiger partial charge is 0.338 e. The topological polar surface area (TPSA) is 60.0 Å². The molecule has 1 N–H and O–H groups in total. The number of hydrogen-bond donors (Lipinski definition) is 1. The van der Waals surface area contributed by atoms with Gasteiger partial charge in [-0.05, 0) is 42.3 Å². The van der Waals surface area contributed by atoms with Gasteiger partial charge in [-0.15, -0.1) is 0 Å². The van der Waals surface area contributed by atoms with Crippen LogP contribution in [0.25, 0.3) is 16.4 Å². The molecule has 0 radical (unpaired) electrons. The van der Waals surface area contributed by atoms with Gasteiger partial charge in [-0.2, -0.15) is 10.2 Å². The molecule has 0 saturated carbocycles. The maximum absolute atomic E-state index is 4.55. The van der Waals surface area contributed by atoms with Gasteiger partial charge in [0, 0.05) is 17.3 Å². The van der Waals surface area contributed by atoms with Gasteiger partial charge in [0.25, 0.3) is 0 Å². The van der Waals surface area contributed by atoms with Crippen molar-refractivity contribution in [2.75, 3.05) is 5.32 Å². The summed E-state index contributed by atoms with van der Waals surface area (Å²) >= 11 is 0. The molecule has 0 aliphatic heterocycles. The molecule has 0 bridgehead atoms. The third-order valence-electron chi connectivity index (χ3n) is 4.74. The lowest BCUT2D eigenvalue weighted by atomic mass is 10.2. The summed E-state index contributed by atoms with van der Waals surface area (Å²) in [5.74, 6) is 0.795. The van der Waals surface area contributed by atoms with E-state index in [1.165, 1.54) is 5.56 Å². The summed E-state index contributed by atoms with van der Waals surface area (Å²) in [7, 11) is 0. The van der Waals surface area contributed by atoms with Crippen LogP contribution < -0.4 is 5.32 Å². The minimum atomic E-state index is 0.757. The number of rotatable bonds is 4. The molecule has 5 aromatic rings. The van der Waals surface area contributed by atoms with Crippen LogP contribution >= 0.6 is 0 Å². The van der Waals surface area contributed by atoms with Gasteiger partial charge in [0.1, 0.15) is 11.8 Å². The van der Waals surface area contributed by atoms with Gasteiger partial charge < -0.3 is 5.32 Å². The van der Waals surface area contributed by atoms with Crippen LogP contribution in [0.15, 0.2) is 73.3 Å². The van der Waals surface area contributed by atoms with E-state index in [9.17, 15) is 0 Å². The first-order valence-electron chi connectivity index (χ1n) is 8.83. The number of aryl methyl sites for hydroxylation is 1. The molecular formula is C21H18N6. The number of fused-ring (bicyclic) bond motifs is 2. The van der Waals surface area contributed by atoms with Gasteiger partial charge in [-0.1, -0.05) is 30.3 Å². The van der Waals surface area contributed by atoms with Gasteiger partial charge in [0.15, 0.2) is 5.82 Å². The predicted molar refractivity (Wildman–Crippen MR) is 106 cm³/mol. The molecule has 3 heterocycles. The van der Waals surface area contributed by atoms with Crippen molar-refractivity contribution in [2.45, 2.75) is 13.5 Å². The summed E-state index contributed by atoms with van der Waals surface area (Å²) in [5, 5.41) is 13.3. The average molecular weight is 354 g/mol.